The van der Waals surface area contributed by atoms with Crippen LogP contribution in [-0.2, 0) is 0 Å². The first kappa shape index (κ1) is 7.76. The van der Waals surface area contributed by atoms with Gasteiger partial charge in [0.15, 0.2) is 0 Å². The van der Waals surface area contributed by atoms with Gasteiger partial charge in [0.25, 0.3) is 0 Å². The Morgan fingerprint density at radius 2 is 1.78 bits per heavy atom. The molecule has 0 bridgehead atoms. The highest BCUT2D eigenvalue weighted by atomic mass is 32.2. The quantitative estimate of drug-likeness (QED) is 0.579. The first-order valence-electron chi connectivity index (χ1n) is 3.20. The van der Waals surface area contributed by atoms with E-state index in [2.05, 4.69) is 42.5 Å². The topological polar surface area (TPSA) is 3.24 Å². The average Bonchev–Trinajstić information content (AvgIpc) is 1.90. The number of rotatable bonds is 1. The fraction of sp³-hybridized carbons (Fsp3) is 1.00. The van der Waals surface area contributed by atoms with Crippen LogP contribution in [0.25, 0.3) is 0 Å². The zero-order valence-electron chi connectivity index (χ0n) is 5.96. The van der Waals surface area contributed by atoms with Gasteiger partial charge in [-0.1, -0.05) is 0 Å². The van der Waals surface area contributed by atoms with Gasteiger partial charge in [0.1, 0.15) is 4.71 Å². The summed E-state index contributed by atoms with van der Waals surface area (Å²) in [6, 6.07) is 0. The Morgan fingerprint density at radius 3 is 2.11 bits per heavy atom. The number of nitrogens with zero attached hydrogens (tertiary/aromatic N) is 1. The molecule has 1 aliphatic rings. The molecule has 0 aromatic carbocycles. The maximum Gasteiger partial charge on any atom is 0.102 e. The summed E-state index contributed by atoms with van der Waals surface area (Å²) < 4.78 is 0.721. The van der Waals surface area contributed by atoms with E-state index in [1.807, 2.05) is 0 Å². The summed E-state index contributed by atoms with van der Waals surface area (Å²) in [7, 11) is 4.30. The Morgan fingerprint density at radius 1 is 1.22 bits per heavy atom. The molecule has 0 saturated carbocycles. The molecule has 1 fully saturated rings. The van der Waals surface area contributed by atoms with E-state index in [-0.39, 0.29) is 0 Å². The van der Waals surface area contributed by atoms with Crippen molar-refractivity contribution in [2.45, 2.75) is 11.1 Å². The highest BCUT2D eigenvalue weighted by Gasteiger charge is 2.15. The van der Waals surface area contributed by atoms with Gasteiger partial charge in [-0.05, 0) is 32.0 Å². The van der Waals surface area contributed by atoms with Crippen LogP contribution in [0.1, 0.15) is 6.42 Å². The van der Waals surface area contributed by atoms with Crippen LogP contribution < -0.4 is 0 Å². The summed E-state index contributed by atoms with van der Waals surface area (Å²) in [5.74, 6) is 2.69. The van der Waals surface area contributed by atoms with Crippen LogP contribution in [0.15, 0.2) is 0 Å². The zero-order chi connectivity index (χ0) is 6.69. The summed E-state index contributed by atoms with van der Waals surface area (Å²) in [5.41, 5.74) is 0. The molecular weight excluding hydrogens is 150 g/mol. The number of thioether (sulfide) groups is 2. The molecule has 0 N–H and O–H groups in total. The van der Waals surface area contributed by atoms with Gasteiger partial charge >= 0.3 is 0 Å². The van der Waals surface area contributed by atoms with E-state index in [1.165, 1.54) is 17.9 Å². The van der Waals surface area contributed by atoms with Crippen molar-refractivity contribution in [1.29, 1.82) is 0 Å². The van der Waals surface area contributed by atoms with Gasteiger partial charge < -0.3 is 0 Å². The van der Waals surface area contributed by atoms with Crippen LogP contribution in [0.3, 0.4) is 0 Å². The maximum absolute atomic E-state index is 2.29. The van der Waals surface area contributed by atoms with Crippen molar-refractivity contribution in [3.05, 3.63) is 0 Å². The summed E-state index contributed by atoms with van der Waals surface area (Å²) >= 11 is 4.12. The van der Waals surface area contributed by atoms with Crippen molar-refractivity contribution in [1.82, 2.24) is 4.90 Å². The summed E-state index contributed by atoms with van der Waals surface area (Å²) in [6.07, 6.45) is 1.39. The minimum absolute atomic E-state index is 0.721. The molecule has 9 heavy (non-hydrogen) atoms. The molecule has 3 heteroatoms. The predicted molar refractivity (Wildman–Crippen MR) is 47.0 cm³/mol. The lowest BCUT2D eigenvalue weighted by atomic mass is 10.6. The van der Waals surface area contributed by atoms with Crippen LogP contribution in [-0.4, -0.2) is 35.2 Å². The van der Waals surface area contributed by atoms with Crippen molar-refractivity contribution in [2.24, 2.45) is 0 Å². The van der Waals surface area contributed by atoms with E-state index >= 15 is 0 Å². The standard InChI is InChI=1S/C6H13NS2/c1-7(2)6-8-4-3-5-9-6/h6H,3-5H2,1-2H3. The first-order chi connectivity index (χ1) is 4.30. The van der Waals surface area contributed by atoms with Gasteiger partial charge in [-0.2, -0.15) is 0 Å². The van der Waals surface area contributed by atoms with Crippen molar-refractivity contribution >= 4 is 23.5 Å². The molecule has 0 unspecified atom stereocenters. The minimum atomic E-state index is 0.721. The third-order valence-corrected chi connectivity index (χ3v) is 4.51. The lowest BCUT2D eigenvalue weighted by molar-refractivity contribution is 0.458. The zero-order valence-corrected chi connectivity index (χ0v) is 7.60. The molecule has 0 amide bonds. The van der Waals surface area contributed by atoms with Crippen molar-refractivity contribution in [2.75, 3.05) is 25.6 Å². The molecule has 0 aliphatic carbocycles. The smallest absolute Gasteiger partial charge is 0.102 e. The SMILES string of the molecule is CN(C)C1SCCCS1. The summed E-state index contributed by atoms with van der Waals surface area (Å²) in [5, 5.41) is 0. The van der Waals surface area contributed by atoms with E-state index in [1.54, 1.807) is 0 Å². The number of hydrogen-bond donors (Lipinski definition) is 0. The van der Waals surface area contributed by atoms with Gasteiger partial charge in [0, 0.05) is 0 Å². The molecule has 0 aromatic rings. The van der Waals surface area contributed by atoms with Gasteiger partial charge in [-0.15, -0.1) is 23.5 Å². The Labute approximate surface area is 65.6 Å². The largest absolute Gasteiger partial charge is 0.289 e. The fourth-order valence-electron chi connectivity index (χ4n) is 0.773. The van der Waals surface area contributed by atoms with Gasteiger partial charge in [0.2, 0.25) is 0 Å². The summed E-state index contributed by atoms with van der Waals surface area (Å²) in [4.78, 5) is 2.29. The second-order valence-corrected chi connectivity index (χ2v) is 5.04. The molecule has 0 atom stereocenters. The molecule has 1 rings (SSSR count). The van der Waals surface area contributed by atoms with Crippen LogP contribution >= 0.6 is 23.5 Å². The van der Waals surface area contributed by atoms with Crippen molar-refractivity contribution in [3.8, 4) is 0 Å². The normalized spacial score (nSPS) is 23.0. The molecule has 0 spiro atoms. The van der Waals surface area contributed by atoms with E-state index in [9.17, 15) is 0 Å². The first-order valence-corrected chi connectivity index (χ1v) is 5.30. The van der Waals surface area contributed by atoms with Crippen LogP contribution in [0, 0.1) is 0 Å². The minimum Gasteiger partial charge on any atom is -0.289 e. The highest BCUT2D eigenvalue weighted by molar-refractivity contribution is 8.17. The molecule has 54 valence electrons. The van der Waals surface area contributed by atoms with Gasteiger partial charge in [-0.3, -0.25) is 4.90 Å². The fourth-order valence-corrected chi connectivity index (χ4v) is 3.54. The lowest BCUT2D eigenvalue weighted by Gasteiger charge is -2.26. The third-order valence-electron chi connectivity index (χ3n) is 1.23. The Kier molecular flexibility index (Phi) is 3.22. The highest BCUT2D eigenvalue weighted by Crippen LogP contribution is 2.31. The number of hydrogen-bond acceptors (Lipinski definition) is 3. The molecular formula is C6H13NS2. The predicted octanol–water partition coefficient (Wildman–Crippen LogP) is 1.70. The molecule has 0 radical (unpaired) electrons. The Bertz CT molecular complexity index is 79.1. The maximum atomic E-state index is 2.29. The second kappa shape index (κ2) is 3.74. The van der Waals surface area contributed by atoms with Crippen molar-refractivity contribution < 1.29 is 0 Å². The van der Waals surface area contributed by atoms with E-state index < -0.39 is 0 Å². The Balaban J connectivity index is 2.23. The third kappa shape index (κ3) is 2.40. The molecule has 1 nitrogen and oxygen atoms in total. The lowest BCUT2D eigenvalue weighted by Crippen LogP contribution is -2.24. The molecule has 1 heterocycles. The van der Waals surface area contributed by atoms with Gasteiger partial charge in [-0.25, -0.2) is 0 Å². The molecule has 1 saturated heterocycles. The monoisotopic (exact) mass is 163 g/mol. The van der Waals surface area contributed by atoms with Crippen LogP contribution in [0.4, 0.5) is 0 Å². The van der Waals surface area contributed by atoms with E-state index in [4.69, 9.17) is 0 Å². The van der Waals surface area contributed by atoms with Crippen LogP contribution in [0.5, 0.6) is 0 Å². The molecule has 1 aliphatic heterocycles. The Hall–Kier alpha value is 0.660. The average molecular weight is 163 g/mol. The van der Waals surface area contributed by atoms with Crippen LogP contribution in [0.2, 0.25) is 0 Å². The van der Waals surface area contributed by atoms with E-state index in [0.29, 0.717) is 0 Å². The summed E-state index contributed by atoms with van der Waals surface area (Å²) in [6.45, 7) is 0. The second-order valence-electron chi connectivity index (χ2n) is 2.37. The molecule has 0 aromatic heterocycles. The van der Waals surface area contributed by atoms with Gasteiger partial charge in [0.05, 0.1) is 0 Å². The van der Waals surface area contributed by atoms with E-state index in [0.717, 1.165) is 4.71 Å². The van der Waals surface area contributed by atoms with Crippen molar-refractivity contribution in [3.63, 3.8) is 0 Å².